The summed E-state index contributed by atoms with van der Waals surface area (Å²) in [6, 6.07) is 0. The van der Waals surface area contributed by atoms with E-state index in [0.29, 0.717) is 47.3 Å². The number of rotatable bonds is 11. The number of carbonyl (C=O) groups is 3. The van der Waals surface area contributed by atoms with Crippen LogP contribution in [0.2, 0.25) is 0 Å². The lowest BCUT2D eigenvalue weighted by atomic mass is 9.44. The highest BCUT2D eigenvalue weighted by Gasteiger charge is 2.65. The standard InChI is InChI=1S/C40H65NO6S/c1-9-36(3,4)35(44)47-28-17-19-38(7)27(22-28)11-12-29-31-14-13-30(39(31,8)20-18-32(29)38)25(2)10-15-34(43)41-48(45)46-24-40-21-16-26(23-33(40)42)37(40,5)6/h25-32H,9-24H2,1-8H3,(H,41,43)/t25?,26?,27?,28?,29?,30?,31?,32?,38-,39+,40?,48?/m0/s1. The topological polar surface area (TPSA) is 98.8 Å². The van der Waals surface area contributed by atoms with Crippen molar-refractivity contribution in [3.8, 4) is 0 Å². The first-order valence-corrected chi connectivity index (χ1v) is 20.6. The van der Waals surface area contributed by atoms with E-state index in [1.807, 2.05) is 13.8 Å². The number of esters is 1. The first kappa shape index (κ1) is 36.5. The van der Waals surface area contributed by atoms with Gasteiger partial charge in [0.15, 0.2) is 0 Å². The van der Waals surface area contributed by atoms with Gasteiger partial charge < -0.3 is 4.74 Å². The minimum Gasteiger partial charge on any atom is -0.462 e. The van der Waals surface area contributed by atoms with Crippen molar-refractivity contribution in [2.24, 2.45) is 68.5 Å². The first-order chi connectivity index (χ1) is 22.5. The normalized spacial score (nSPS) is 42.8. The van der Waals surface area contributed by atoms with E-state index in [-0.39, 0.29) is 35.8 Å². The van der Waals surface area contributed by atoms with Crippen LogP contribution >= 0.6 is 0 Å². The molecule has 0 saturated heterocycles. The van der Waals surface area contributed by atoms with Crippen molar-refractivity contribution in [2.45, 2.75) is 158 Å². The first-order valence-electron chi connectivity index (χ1n) is 19.6. The molecule has 6 aliphatic carbocycles. The second kappa shape index (κ2) is 13.0. The van der Waals surface area contributed by atoms with E-state index in [9.17, 15) is 18.6 Å². The van der Waals surface area contributed by atoms with Gasteiger partial charge in [0, 0.05) is 12.8 Å². The highest BCUT2D eigenvalue weighted by Crippen LogP contribution is 2.69. The molecule has 8 heteroatoms. The minimum absolute atomic E-state index is 0.0292. The van der Waals surface area contributed by atoms with E-state index in [2.05, 4.69) is 46.3 Å². The average molecular weight is 688 g/mol. The molecule has 0 aromatic carbocycles. The van der Waals surface area contributed by atoms with Gasteiger partial charge in [0.1, 0.15) is 11.9 Å². The fourth-order valence-electron chi connectivity index (χ4n) is 12.8. The summed E-state index contributed by atoms with van der Waals surface area (Å²) >= 11 is -1.93. The Morgan fingerprint density at radius 3 is 2.31 bits per heavy atom. The maximum absolute atomic E-state index is 12.9. The Labute approximate surface area is 293 Å². The number of carbonyl (C=O) groups excluding carboxylic acids is 3. The largest absolute Gasteiger partial charge is 0.462 e. The third-order valence-corrected chi connectivity index (χ3v) is 17.4. The molecule has 0 spiro atoms. The smallest absolute Gasteiger partial charge is 0.311 e. The van der Waals surface area contributed by atoms with Gasteiger partial charge >= 0.3 is 5.97 Å². The van der Waals surface area contributed by atoms with Crippen LogP contribution in [0.1, 0.15) is 152 Å². The van der Waals surface area contributed by atoms with E-state index in [0.717, 1.165) is 56.3 Å². The summed E-state index contributed by atoms with van der Waals surface area (Å²) in [5, 5.41) is 0. The fourth-order valence-corrected chi connectivity index (χ4v) is 13.4. The number of hydrogen-bond acceptors (Lipinski definition) is 6. The zero-order chi connectivity index (χ0) is 34.9. The Bertz CT molecular complexity index is 1300. The summed E-state index contributed by atoms with van der Waals surface area (Å²) in [7, 11) is 0. The quantitative estimate of drug-likeness (QED) is 0.219. The van der Waals surface area contributed by atoms with Gasteiger partial charge in [0.2, 0.25) is 5.91 Å². The lowest BCUT2D eigenvalue weighted by Gasteiger charge is -2.61. The molecule has 1 N–H and O–H groups in total. The second-order valence-electron chi connectivity index (χ2n) is 19.1. The molecule has 0 aromatic heterocycles. The summed E-state index contributed by atoms with van der Waals surface area (Å²) in [5.74, 6) is 4.28. The van der Waals surface area contributed by atoms with Gasteiger partial charge in [-0.1, -0.05) is 41.5 Å². The molecule has 0 heterocycles. The van der Waals surface area contributed by atoms with Crippen LogP contribution in [0.3, 0.4) is 0 Å². The molecule has 6 fully saturated rings. The Morgan fingerprint density at radius 1 is 0.938 bits per heavy atom. The predicted molar refractivity (Wildman–Crippen MR) is 188 cm³/mol. The average Bonchev–Trinajstić information content (AvgIpc) is 3.58. The number of amides is 1. The molecule has 6 aliphatic rings. The molecule has 0 radical (unpaired) electrons. The molecule has 7 nitrogen and oxygen atoms in total. The number of ether oxygens (including phenoxy) is 1. The SMILES string of the molecule is CCC(C)(C)C(=O)OC1CC[C@@]2(C)C(CCC3C4CCC(C(C)CCC(=O)NS(=O)OCC56CCC(CC5=O)C6(C)C)[C@@]4(C)CCC32)C1. The lowest BCUT2D eigenvalue weighted by Crippen LogP contribution is -2.54. The monoisotopic (exact) mass is 687 g/mol. The maximum atomic E-state index is 12.9. The molecule has 6 saturated carbocycles. The van der Waals surface area contributed by atoms with Gasteiger partial charge in [-0.2, -0.15) is 0 Å². The summed E-state index contributed by atoms with van der Waals surface area (Å²) in [4.78, 5) is 38.6. The Balaban J connectivity index is 0.992. The van der Waals surface area contributed by atoms with Crippen LogP contribution in [-0.2, 0) is 34.6 Å². The molecule has 1 amide bonds. The maximum Gasteiger partial charge on any atom is 0.311 e. The zero-order valence-corrected chi connectivity index (χ0v) is 32.1. The molecular formula is C40H65NO6S. The summed E-state index contributed by atoms with van der Waals surface area (Å²) in [6.45, 7) is 17.9. The van der Waals surface area contributed by atoms with E-state index >= 15 is 0 Å². The van der Waals surface area contributed by atoms with Crippen molar-refractivity contribution >= 4 is 28.9 Å². The van der Waals surface area contributed by atoms with Crippen LogP contribution in [-0.4, -0.2) is 34.6 Å². The van der Waals surface area contributed by atoms with E-state index in [1.54, 1.807) is 0 Å². The Morgan fingerprint density at radius 2 is 1.65 bits per heavy atom. The number of ketones is 1. The molecule has 272 valence electrons. The van der Waals surface area contributed by atoms with Crippen molar-refractivity contribution in [1.82, 2.24) is 4.72 Å². The van der Waals surface area contributed by atoms with E-state index < -0.39 is 22.1 Å². The molecule has 0 aliphatic heterocycles. The number of hydrogen-bond donors (Lipinski definition) is 1. The van der Waals surface area contributed by atoms with Crippen molar-refractivity contribution in [1.29, 1.82) is 0 Å². The fraction of sp³-hybridized carbons (Fsp3) is 0.925. The van der Waals surface area contributed by atoms with Crippen molar-refractivity contribution in [3.63, 3.8) is 0 Å². The van der Waals surface area contributed by atoms with Gasteiger partial charge in [-0.15, -0.1) is 0 Å². The van der Waals surface area contributed by atoms with Crippen LogP contribution in [0.4, 0.5) is 0 Å². The van der Waals surface area contributed by atoms with Crippen molar-refractivity contribution in [2.75, 3.05) is 6.61 Å². The van der Waals surface area contributed by atoms with Crippen LogP contribution in [0, 0.1) is 68.5 Å². The molecular weight excluding hydrogens is 623 g/mol. The van der Waals surface area contributed by atoms with Gasteiger partial charge in [0.05, 0.1) is 17.4 Å². The van der Waals surface area contributed by atoms with Gasteiger partial charge in [-0.25, -0.2) is 4.21 Å². The van der Waals surface area contributed by atoms with Crippen LogP contribution < -0.4 is 4.72 Å². The number of Topliss-reactive ketones (excluding diaryl/α,β-unsaturated/α-hetero) is 1. The molecule has 0 aromatic rings. The molecule has 10 unspecified atom stereocenters. The van der Waals surface area contributed by atoms with Crippen LogP contribution in [0.15, 0.2) is 0 Å². The van der Waals surface area contributed by atoms with E-state index in [1.165, 1.54) is 44.9 Å². The number of nitrogens with one attached hydrogen (secondary N) is 1. The van der Waals surface area contributed by atoms with Crippen LogP contribution in [0.25, 0.3) is 0 Å². The van der Waals surface area contributed by atoms with Crippen molar-refractivity contribution in [3.05, 3.63) is 0 Å². The molecule has 6 rings (SSSR count). The predicted octanol–water partition coefficient (Wildman–Crippen LogP) is 8.52. The molecule has 48 heavy (non-hydrogen) atoms. The summed E-state index contributed by atoms with van der Waals surface area (Å²) < 4.78 is 27.1. The third-order valence-electron chi connectivity index (χ3n) is 16.7. The zero-order valence-electron chi connectivity index (χ0n) is 31.3. The van der Waals surface area contributed by atoms with Gasteiger partial charge in [0.25, 0.3) is 11.3 Å². The van der Waals surface area contributed by atoms with Crippen LogP contribution in [0.5, 0.6) is 0 Å². The summed E-state index contributed by atoms with van der Waals surface area (Å²) in [5.41, 5.74) is -0.484. The summed E-state index contributed by atoms with van der Waals surface area (Å²) in [6.07, 6.45) is 15.2. The van der Waals surface area contributed by atoms with Gasteiger partial charge in [-0.3, -0.25) is 23.3 Å². The van der Waals surface area contributed by atoms with Gasteiger partial charge in [-0.05, 0) is 155 Å². The number of fused-ring (bicyclic) bond motifs is 7. The van der Waals surface area contributed by atoms with E-state index in [4.69, 9.17) is 8.92 Å². The highest BCUT2D eigenvalue weighted by molar-refractivity contribution is 7.78. The second-order valence-corrected chi connectivity index (χ2v) is 20.0. The lowest BCUT2D eigenvalue weighted by molar-refractivity contribution is -0.171. The minimum atomic E-state index is -1.93. The van der Waals surface area contributed by atoms with Crippen molar-refractivity contribution < 1.29 is 27.5 Å². The molecule has 12 atom stereocenters. The highest BCUT2D eigenvalue weighted by atomic mass is 32.2. The Hall–Kier alpha value is -1.28. The molecule has 2 bridgehead atoms. The third kappa shape index (κ3) is 5.96. The Kier molecular flexibility index (Phi) is 9.92.